The Labute approximate surface area is 100 Å². The summed E-state index contributed by atoms with van der Waals surface area (Å²) in [4.78, 5) is 10.2. The van der Waals surface area contributed by atoms with Crippen LogP contribution in [0.5, 0.6) is 0 Å². The predicted molar refractivity (Wildman–Crippen MR) is 62.9 cm³/mol. The number of nitro benzene ring substituents is 1. The smallest absolute Gasteiger partial charge is 0.293 e. The first kappa shape index (κ1) is 12.9. The van der Waals surface area contributed by atoms with Gasteiger partial charge in [0.2, 0.25) is 0 Å². The largest absolute Gasteiger partial charge is 0.376 e. The lowest BCUT2D eigenvalue weighted by Gasteiger charge is -2.13. The summed E-state index contributed by atoms with van der Waals surface area (Å²) in [5, 5.41) is 13.5. The van der Waals surface area contributed by atoms with Gasteiger partial charge in [-0.15, -0.1) is 0 Å². The normalized spacial score (nSPS) is 12.2. The Balaban J connectivity index is 3.14. The third-order valence-electron chi connectivity index (χ3n) is 1.99. The number of benzene rings is 1. The van der Waals surface area contributed by atoms with E-state index in [1.807, 2.05) is 0 Å². The molecule has 5 nitrogen and oxygen atoms in total. The number of nitro groups is 1. The van der Waals surface area contributed by atoms with E-state index in [0.29, 0.717) is 6.54 Å². The van der Waals surface area contributed by atoms with Gasteiger partial charge in [0, 0.05) is 24.7 Å². The van der Waals surface area contributed by atoms with Crippen molar-refractivity contribution in [2.45, 2.75) is 13.0 Å². The summed E-state index contributed by atoms with van der Waals surface area (Å²) in [5.41, 5.74) is 5.32. The lowest BCUT2D eigenvalue weighted by Crippen LogP contribution is -2.25. The predicted octanol–water partition coefficient (Wildman–Crippen LogP) is 2.26. The SMILES string of the molecule is CC(CN)Nc1cc(F)c(Br)cc1[N+](=O)[O-]. The highest BCUT2D eigenvalue weighted by Gasteiger charge is 2.18. The molecule has 1 unspecified atom stereocenters. The van der Waals surface area contributed by atoms with E-state index >= 15 is 0 Å². The van der Waals surface area contributed by atoms with Crippen molar-refractivity contribution < 1.29 is 9.31 Å². The van der Waals surface area contributed by atoms with Gasteiger partial charge in [-0.25, -0.2) is 4.39 Å². The average molecular weight is 292 g/mol. The van der Waals surface area contributed by atoms with Crippen molar-refractivity contribution in [3.05, 3.63) is 32.5 Å². The van der Waals surface area contributed by atoms with E-state index in [-0.39, 0.29) is 21.9 Å². The van der Waals surface area contributed by atoms with E-state index < -0.39 is 10.7 Å². The van der Waals surface area contributed by atoms with Gasteiger partial charge in [-0.05, 0) is 22.9 Å². The van der Waals surface area contributed by atoms with Crippen molar-refractivity contribution in [3.63, 3.8) is 0 Å². The third-order valence-corrected chi connectivity index (χ3v) is 2.60. The van der Waals surface area contributed by atoms with Gasteiger partial charge in [-0.2, -0.15) is 0 Å². The minimum Gasteiger partial charge on any atom is -0.376 e. The molecule has 1 aromatic rings. The van der Waals surface area contributed by atoms with Gasteiger partial charge in [0.05, 0.1) is 9.40 Å². The van der Waals surface area contributed by atoms with Gasteiger partial charge >= 0.3 is 0 Å². The lowest BCUT2D eigenvalue weighted by molar-refractivity contribution is -0.384. The van der Waals surface area contributed by atoms with Gasteiger partial charge in [0.1, 0.15) is 11.5 Å². The Morgan fingerprint density at radius 1 is 1.69 bits per heavy atom. The highest BCUT2D eigenvalue weighted by atomic mass is 79.9. The monoisotopic (exact) mass is 291 g/mol. The van der Waals surface area contributed by atoms with Crippen LogP contribution in [0.1, 0.15) is 6.92 Å². The van der Waals surface area contributed by atoms with Crippen LogP contribution < -0.4 is 11.1 Å². The molecule has 0 saturated carbocycles. The zero-order valence-corrected chi connectivity index (χ0v) is 10.1. The van der Waals surface area contributed by atoms with Crippen LogP contribution in [-0.4, -0.2) is 17.5 Å². The van der Waals surface area contributed by atoms with Crippen LogP contribution >= 0.6 is 15.9 Å². The second-order valence-electron chi connectivity index (χ2n) is 3.32. The highest BCUT2D eigenvalue weighted by Crippen LogP contribution is 2.30. The van der Waals surface area contributed by atoms with E-state index in [4.69, 9.17) is 5.73 Å². The van der Waals surface area contributed by atoms with Gasteiger partial charge in [0.25, 0.3) is 5.69 Å². The fraction of sp³-hybridized carbons (Fsp3) is 0.333. The fourth-order valence-corrected chi connectivity index (χ4v) is 1.46. The third kappa shape index (κ3) is 2.89. The van der Waals surface area contributed by atoms with Crippen LogP contribution in [0.4, 0.5) is 15.8 Å². The number of nitrogens with one attached hydrogen (secondary N) is 1. The Hall–Kier alpha value is -1.21. The Kier molecular flexibility index (Phi) is 4.19. The molecule has 88 valence electrons. The van der Waals surface area contributed by atoms with E-state index in [0.717, 1.165) is 12.1 Å². The van der Waals surface area contributed by atoms with Crippen LogP contribution in [0.2, 0.25) is 0 Å². The average Bonchev–Trinajstić information content (AvgIpc) is 2.22. The summed E-state index contributed by atoms with van der Waals surface area (Å²) in [6.07, 6.45) is 0. The molecular weight excluding hydrogens is 281 g/mol. The highest BCUT2D eigenvalue weighted by molar-refractivity contribution is 9.10. The van der Waals surface area contributed by atoms with Crippen molar-refractivity contribution in [1.82, 2.24) is 0 Å². The van der Waals surface area contributed by atoms with Crippen LogP contribution in [0, 0.1) is 15.9 Å². The van der Waals surface area contributed by atoms with Crippen LogP contribution in [0.25, 0.3) is 0 Å². The molecule has 0 aliphatic rings. The Bertz CT molecular complexity index is 414. The van der Waals surface area contributed by atoms with E-state index in [9.17, 15) is 14.5 Å². The van der Waals surface area contributed by atoms with E-state index in [1.165, 1.54) is 0 Å². The van der Waals surface area contributed by atoms with E-state index in [2.05, 4.69) is 21.2 Å². The molecule has 0 saturated heterocycles. The molecule has 0 fully saturated rings. The molecule has 3 N–H and O–H groups in total. The maximum Gasteiger partial charge on any atom is 0.293 e. The number of hydrogen-bond donors (Lipinski definition) is 2. The number of rotatable bonds is 4. The van der Waals surface area contributed by atoms with Crippen LogP contribution in [0.15, 0.2) is 16.6 Å². The summed E-state index contributed by atoms with van der Waals surface area (Å²) in [6, 6.07) is 2.04. The Morgan fingerprint density at radius 2 is 2.31 bits per heavy atom. The van der Waals surface area contributed by atoms with E-state index in [1.54, 1.807) is 6.92 Å². The minimum atomic E-state index is -0.574. The topological polar surface area (TPSA) is 81.2 Å². The summed E-state index contributed by atoms with van der Waals surface area (Å²) < 4.78 is 13.3. The van der Waals surface area contributed by atoms with Crippen molar-refractivity contribution in [3.8, 4) is 0 Å². The molecule has 16 heavy (non-hydrogen) atoms. The molecule has 0 amide bonds. The first-order valence-electron chi connectivity index (χ1n) is 4.55. The standard InChI is InChI=1S/C9H11BrFN3O2/c1-5(4-12)13-8-3-7(11)6(10)2-9(8)14(15)16/h2-3,5,13H,4,12H2,1H3. The molecule has 0 bridgehead atoms. The molecule has 0 aliphatic carbocycles. The van der Waals surface area contributed by atoms with Gasteiger partial charge in [0.15, 0.2) is 0 Å². The molecule has 0 heterocycles. The number of nitrogens with zero attached hydrogens (tertiary/aromatic N) is 1. The second-order valence-corrected chi connectivity index (χ2v) is 4.18. The molecular formula is C9H11BrFN3O2. The fourth-order valence-electron chi connectivity index (χ4n) is 1.13. The Morgan fingerprint density at radius 3 is 2.81 bits per heavy atom. The maximum absolute atomic E-state index is 13.2. The number of nitrogens with two attached hydrogens (primary N) is 1. The van der Waals surface area contributed by atoms with Gasteiger partial charge in [-0.3, -0.25) is 10.1 Å². The molecule has 1 aromatic carbocycles. The zero-order chi connectivity index (χ0) is 12.3. The second kappa shape index (κ2) is 5.22. The van der Waals surface area contributed by atoms with Crippen molar-refractivity contribution in [2.75, 3.05) is 11.9 Å². The maximum atomic E-state index is 13.2. The summed E-state index contributed by atoms with van der Waals surface area (Å²) >= 11 is 2.90. The molecule has 7 heteroatoms. The summed E-state index contributed by atoms with van der Waals surface area (Å²) in [5.74, 6) is -0.558. The van der Waals surface area contributed by atoms with Crippen molar-refractivity contribution in [1.29, 1.82) is 0 Å². The zero-order valence-electron chi connectivity index (χ0n) is 8.54. The molecule has 0 aromatic heterocycles. The van der Waals surface area contributed by atoms with Gasteiger partial charge < -0.3 is 11.1 Å². The molecule has 0 radical (unpaired) electrons. The molecule has 1 rings (SSSR count). The number of anilines is 1. The molecule has 1 atom stereocenters. The lowest BCUT2D eigenvalue weighted by atomic mass is 10.2. The first-order valence-corrected chi connectivity index (χ1v) is 5.35. The number of halogens is 2. The first-order chi connectivity index (χ1) is 7.45. The van der Waals surface area contributed by atoms with Crippen LogP contribution in [0.3, 0.4) is 0 Å². The molecule has 0 aliphatic heterocycles. The van der Waals surface area contributed by atoms with Gasteiger partial charge in [-0.1, -0.05) is 0 Å². The summed E-state index contributed by atoms with van der Waals surface area (Å²) in [6.45, 7) is 2.05. The van der Waals surface area contributed by atoms with Crippen molar-refractivity contribution >= 4 is 27.3 Å². The molecule has 0 spiro atoms. The van der Waals surface area contributed by atoms with Crippen molar-refractivity contribution in [2.24, 2.45) is 5.73 Å². The van der Waals surface area contributed by atoms with Crippen LogP contribution in [-0.2, 0) is 0 Å². The summed E-state index contributed by atoms with van der Waals surface area (Å²) in [7, 11) is 0. The quantitative estimate of drug-likeness (QED) is 0.658. The minimum absolute atomic E-state index is 0.0603. The number of hydrogen-bond acceptors (Lipinski definition) is 4.